The monoisotopic (exact) mass is 581 g/mol. The molecule has 6 rings (SSSR count). The van der Waals surface area contributed by atoms with Crippen LogP contribution in [0.1, 0.15) is 68.2 Å². The van der Waals surface area contributed by atoms with Gasteiger partial charge in [-0.1, -0.05) is 73.4 Å². The third-order valence-electron chi connectivity index (χ3n) is 9.65. The lowest BCUT2D eigenvalue weighted by atomic mass is 9.57. The average molecular weight is 583 g/mol. The predicted molar refractivity (Wildman–Crippen MR) is 157 cm³/mol. The number of nitrogen functional groups attached to an aromatic ring is 1. The van der Waals surface area contributed by atoms with Crippen molar-refractivity contribution in [2.75, 3.05) is 12.3 Å². The third kappa shape index (κ3) is 4.14. The lowest BCUT2D eigenvalue weighted by Crippen LogP contribution is -2.65. The molecule has 1 spiro atoms. The standard InChI is InChI=1S/C32H34Cl2FN3O2/c1-30(2)10-12-31(13-11-30)32(37,24-9-8-21(33)17-25(24)36)27(20-14-22(34)16-23(35)15-20)28-29(39)40-18-26(38(28)31)19-6-4-3-5-7-19/h3-9,14-17,26-28H,10-13,18,36-37H2,1-2H3/t26-,27-,28+,32+/m0/s1. The third-order valence-corrected chi connectivity index (χ3v) is 10.1. The molecule has 4 N–H and O–H groups in total. The molecule has 3 fully saturated rings. The number of ether oxygens (including phenoxy) is 1. The molecule has 2 saturated heterocycles. The van der Waals surface area contributed by atoms with Gasteiger partial charge in [0.2, 0.25) is 0 Å². The van der Waals surface area contributed by atoms with E-state index in [1.165, 1.54) is 12.1 Å². The van der Waals surface area contributed by atoms with Crippen LogP contribution in [0.3, 0.4) is 0 Å². The van der Waals surface area contributed by atoms with E-state index in [0.717, 1.165) is 31.2 Å². The zero-order chi connectivity index (χ0) is 28.4. The highest BCUT2D eigenvalue weighted by atomic mass is 35.5. The molecule has 3 aliphatic rings. The number of anilines is 1. The van der Waals surface area contributed by atoms with Gasteiger partial charge in [-0.05, 0) is 78.1 Å². The number of carbonyl (C=O) groups excluding carboxylic acids is 1. The first-order valence-corrected chi connectivity index (χ1v) is 14.5. The second-order valence-corrected chi connectivity index (χ2v) is 13.3. The molecule has 2 aliphatic heterocycles. The number of benzene rings is 3. The number of nitrogens with zero attached hydrogens (tertiary/aromatic N) is 1. The molecule has 210 valence electrons. The Hall–Kier alpha value is -2.64. The number of halogens is 3. The summed E-state index contributed by atoms with van der Waals surface area (Å²) in [6, 6.07) is 18.8. The van der Waals surface area contributed by atoms with E-state index in [9.17, 15) is 9.18 Å². The van der Waals surface area contributed by atoms with Crippen LogP contribution in [-0.4, -0.2) is 29.1 Å². The number of nitrogens with two attached hydrogens (primary N) is 2. The minimum Gasteiger partial charge on any atom is -0.462 e. The van der Waals surface area contributed by atoms with Crippen molar-refractivity contribution in [2.24, 2.45) is 11.1 Å². The SMILES string of the molecule is CC1(C)CCC2(CC1)N1[C@H](c3ccccc3)COC(=O)[C@H]1[C@H](c1cc(F)cc(Cl)c1)[C@]2(N)c1ccc(Cl)cc1N. The van der Waals surface area contributed by atoms with Gasteiger partial charge in [0.15, 0.2) is 0 Å². The van der Waals surface area contributed by atoms with E-state index in [-0.39, 0.29) is 29.1 Å². The molecule has 1 aliphatic carbocycles. The van der Waals surface area contributed by atoms with Gasteiger partial charge in [0, 0.05) is 27.2 Å². The van der Waals surface area contributed by atoms with E-state index in [1.54, 1.807) is 18.2 Å². The minimum atomic E-state index is -1.20. The Kier molecular flexibility index (Phi) is 6.69. The molecule has 8 heteroatoms. The first kappa shape index (κ1) is 27.5. The van der Waals surface area contributed by atoms with Gasteiger partial charge in [0.25, 0.3) is 0 Å². The highest BCUT2D eigenvalue weighted by Crippen LogP contribution is 2.65. The van der Waals surface area contributed by atoms with Gasteiger partial charge >= 0.3 is 5.97 Å². The molecule has 0 unspecified atom stereocenters. The highest BCUT2D eigenvalue weighted by molar-refractivity contribution is 6.31. The molecule has 5 nitrogen and oxygen atoms in total. The summed E-state index contributed by atoms with van der Waals surface area (Å²) >= 11 is 12.8. The van der Waals surface area contributed by atoms with Gasteiger partial charge in [-0.2, -0.15) is 0 Å². The molecule has 0 bridgehead atoms. The van der Waals surface area contributed by atoms with Gasteiger partial charge in [-0.3, -0.25) is 9.69 Å². The number of hydrogen-bond donors (Lipinski definition) is 2. The van der Waals surface area contributed by atoms with Crippen molar-refractivity contribution in [3.63, 3.8) is 0 Å². The molecule has 3 aromatic carbocycles. The van der Waals surface area contributed by atoms with Crippen LogP contribution in [0.4, 0.5) is 10.1 Å². The maximum atomic E-state index is 15.0. The highest BCUT2D eigenvalue weighted by Gasteiger charge is 2.72. The van der Waals surface area contributed by atoms with Crippen molar-refractivity contribution in [3.05, 3.63) is 99.3 Å². The summed E-state index contributed by atoms with van der Waals surface area (Å²) in [6.45, 7) is 4.74. The van der Waals surface area contributed by atoms with Gasteiger partial charge in [0.05, 0.1) is 11.6 Å². The van der Waals surface area contributed by atoms with E-state index >= 15 is 0 Å². The van der Waals surface area contributed by atoms with Crippen LogP contribution in [-0.2, 0) is 15.1 Å². The van der Waals surface area contributed by atoms with Crippen LogP contribution in [0, 0.1) is 11.2 Å². The summed E-state index contributed by atoms with van der Waals surface area (Å²) in [5.74, 6) is -1.55. The Labute approximate surface area is 244 Å². The Morgan fingerprint density at radius 1 is 0.925 bits per heavy atom. The van der Waals surface area contributed by atoms with E-state index in [2.05, 4.69) is 30.9 Å². The van der Waals surface area contributed by atoms with Crippen molar-refractivity contribution in [1.29, 1.82) is 0 Å². The number of esters is 1. The molecule has 4 atom stereocenters. The van der Waals surface area contributed by atoms with Crippen LogP contribution < -0.4 is 11.5 Å². The summed E-state index contributed by atoms with van der Waals surface area (Å²) < 4.78 is 20.9. The molecule has 40 heavy (non-hydrogen) atoms. The smallest absolute Gasteiger partial charge is 0.324 e. The molecule has 0 amide bonds. The summed E-state index contributed by atoms with van der Waals surface area (Å²) in [5, 5.41) is 0.730. The zero-order valence-electron chi connectivity index (χ0n) is 22.7. The van der Waals surface area contributed by atoms with Crippen LogP contribution in [0.2, 0.25) is 10.0 Å². The normalized spacial score (nSPS) is 29.2. The number of rotatable bonds is 3. The predicted octanol–water partition coefficient (Wildman–Crippen LogP) is 6.97. The minimum absolute atomic E-state index is 0.103. The fraction of sp³-hybridized carbons (Fsp3) is 0.406. The maximum absolute atomic E-state index is 15.0. The fourth-order valence-corrected chi connectivity index (χ4v) is 8.13. The largest absolute Gasteiger partial charge is 0.462 e. The molecule has 2 heterocycles. The number of hydrogen-bond acceptors (Lipinski definition) is 5. The number of morpholine rings is 1. The van der Waals surface area contributed by atoms with Crippen LogP contribution in [0.15, 0.2) is 66.7 Å². The zero-order valence-corrected chi connectivity index (χ0v) is 24.2. The van der Waals surface area contributed by atoms with Crippen molar-refractivity contribution in [3.8, 4) is 0 Å². The second-order valence-electron chi connectivity index (χ2n) is 12.4. The van der Waals surface area contributed by atoms with Crippen molar-refractivity contribution < 1.29 is 13.9 Å². The van der Waals surface area contributed by atoms with E-state index in [4.69, 9.17) is 39.4 Å². The van der Waals surface area contributed by atoms with Gasteiger partial charge in [0.1, 0.15) is 18.5 Å². The summed E-state index contributed by atoms with van der Waals surface area (Å²) in [5.41, 5.74) is 15.5. The van der Waals surface area contributed by atoms with Crippen molar-refractivity contribution >= 4 is 34.9 Å². The van der Waals surface area contributed by atoms with E-state index in [0.29, 0.717) is 21.8 Å². The molecule has 3 aromatic rings. The lowest BCUT2D eigenvalue weighted by Gasteiger charge is -2.56. The van der Waals surface area contributed by atoms with Crippen LogP contribution in [0.25, 0.3) is 0 Å². The topological polar surface area (TPSA) is 81.6 Å². The van der Waals surface area contributed by atoms with Crippen molar-refractivity contribution in [2.45, 2.75) is 68.6 Å². The van der Waals surface area contributed by atoms with E-state index < -0.39 is 28.9 Å². The summed E-state index contributed by atoms with van der Waals surface area (Å²) in [7, 11) is 0. The van der Waals surface area contributed by atoms with Gasteiger partial charge in [-0.25, -0.2) is 4.39 Å². The first-order chi connectivity index (χ1) is 19.0. The average Bonchev–Trinajstić information content (AvgIpc) is 3.12. The Morgan fingerprint density at radius 2 is 1.62 bits per heavy atom. The Bertz CT molecular complexity index is 1440. The fourth-order valence-electron chi connectivity index (χ4n) is 7.72. The molecular weight excluding hydrogens is 548 g/mol. The van der Waals surface area contributed by atoms with Crippen LogP contribution in [0.5, 0.6) is 0 Å². The number of cyclic esters (lactones) is 1. The maximum Gasteiger partial charge on any atom is 0.324 e. The van der Waals surface area contributed by atoms with E-state index in [1.807, 2.05) is 24.3 Å². The van der Waals surface area contributed by atoms with Gasteiger partial charge in [-0.15, -0.1) is 0 Å². The van der Waals surface area contributed by atoms with Gasteiger partial charge < -0.3 is 16.2 Å². The quantitative estimate of drug-likeness (QED) is 0.258. The first-order valence-electron chi connectivity index (χ1n) is 13.8. The molecule has 0 aromatic heterocycles. The molecular formula is C32H34Cl2FN3O2. The number of carbonyl (C=O) groups is 1. The summed E-state index contributed by atoms with van der Waals surface area (Å²) in [6.07, 6.45) is 3.25. The van der Waals surface area contributed by atoms with Crippen LogP contribution >= 0.6 is 23.2 Å². The lowest BCUT2D eigenvalue weighted by molar-refractivity contribution is -0.168. The Balaban J connectivity index is 1.68. The van der Waals surface area contributed by atoms with Crippen molar-refractivity contribution in [1.82, 2.24) is 4.90 Å². The molecule has 0 radical (unpaired) electrons. The second kappa shape index (κ2) is 9.73. The molecule has 1 saturated carbocycles. The summed E-state index contributed by atoms with van der Waals surface area (Å²) in [4.78, 5) is 16.2. The number of fused-ring (bicyclic) bond motifs is 2. The Morgan fingerprint density at radius 3 is 2.27 bits per heavy atom.